The number of esters is 1. The van der Waals surface area contributed by atoms with Crippen LogP contribution in [-0.2, 0) is 21.3 Å². The first kappa shape index (κ1) is 13.5. The Balaban J connectivity index is 2.27. The lowest BCUT2D eigenvalue weighted by Gasteiger charge is -2.07. The van der Waals surface area contributed by atoms with E-state index in [2.05, 4.69) is 0 Å². The Kier molecular flexibility index (Phi) is 4.47. The van der Waals surface area contributed by atoms with E-state index in [0.29, 0.717) is 16.2 Å². The highest BCUT2D eigenvalue weighted by Crippen LogP contribution is 2.17. The average Bonchev–Trinajstić information content (AvgIpc) is 2.47. The molecule has 0 N–H and O–H groups in total. The minimum absolute atomic E-state index is 0.360. The average molecular weight is 274 g/mol. The number of carbonyl (C=O) groups excluding carboxylic acids is 1. The molecule has 0 heterocycles. The molecular weight excluding hydrogens is 260 g/mol. The van der Waals surface area contributed by atoms with Crippen molar-refractivity contribution in [3.8, 4) is 0 Å². The highest BCUT2D eigenvalue weighted by molar-refractivity contribution is 7.84. The van der Waals surface area contributed by atoms with Gasteiger partial charge < -0.3 is 4.74 Å². The van der Waals surface area contributed by atoms with Crippen molar-refractivity contribution >= 4 is 16.8 Å². The van der Waals surface area contributed by atoms with Crippen LogP contribution in [0, 0.1) is 0 Å². The molecule has 4 heteroatoms. The lowest BCUT2D eigenvalue weighted by atomic mass is 10.2. The third-order valence-electron chi connectivity index (χ3n) is 2.68. The lowest BCUT2D eigenvalue weighted by molar-refractivity contribution is 0.0596. The van der Waals surface area contributed by atoms with Crippen molar-refractivity contribution in [1.82, 2.24) is 0 Å². The number of hydrogen-bond acceptors (Lipinski definition) is 3. The van der Waals surface area contributed by atoms with Crippen LogP contribution in [0.4, 0.5) is 0 Å². The summed E-state index contributed by atoms with van der Waals surface area (Å²) >= 11 is 0. The fraction of sp³-hybridized carbons (Fsp3) is 0.133. The monoisotopic (exact) mass is 274 g/mol. The van der Waals surface area contributed by atoms with E-state index >= 15 is 0 Å². The van der Waals surface area contributed by atoms with E-state index in [1.54, 1.807) is 24.3 Å². The van der Waals surface area contributed by atoms with Crippen molar-refractivity contribution in [2.75, 3.05) is 7.11 Å². The van der Waals surface area contributed by atoms with Gasteiger partial charge in [-0.2, -0.15) is 0 Å². The molecule has 2 rings (SSSR count). The van der Waals surface area contributed by atoms with Crippen molar-refractivity contribution in [2.24, 2.45) is 0 Å². The molecule has 0 amide bonds. The summed E-state index contributed by atoms with van der Waals surface area (Å²) < 4.78 is 17.1. The maximum atomic E-state index is 12.4. The second kappa shape index (κ2) is 6.29. The van der Waals surface area contributed by atoms with E-state index in [0.717, 1.165) is 5.56 Å². The zero-order chi connectivity index (χ0) is 13.7. The molecule has 0 aromatic heterocycles. The summed E-state index contributed by atoms with van der Waals surface area (Å²) in [6.07, 6.45) is 0. The van der Waals surface area contributed by atoms with Crippen LogP contribution in [0.5, 0.6) is 0 Å². The van der Waals surface area contributed by atoms with Crippen molar-refractivity contribution < 1.29 is 13.7 Å². The van der Waals surface area contributed by atoms with Gasteiger partial charge in [0.15, 0.2) is 0 Å². The third-order valence-corrected chi connectivity index (χ3v) is 4.12. The molecule has 2 aromatic carbocycles. The molecule has 0 spiro atoms. The SMILES string of the molecule is COC(=O)c1ccccc1[S@](=O)Cc1ccccc1. The Morgan fingerprint density at radius 2 is 1.68 bits per heavy atom. The molecule has 0 bridgehead atoms. The van der Waals surface area contributed by atoms with Gasteiger partial charge in [0.05, 0.1) is 34.1 Å². The van der Waals surface area contributed by atoms with E-state index < -0.39 is 16.8 Å². The largest absolute Gasteiger partial charge is 0.465 e. The zero-order valence-corrected chi connectivity index (χ0v) is 11.4. The molecule has 0 aliphatic carbocycles. The summed E-state index contributed by atoms with van der Waals surface area (Å²) in [6, 6.07) is 16.4. The molecule has 0 aliphatic rings. The molecule has 0 saturated heterocycles. The molecule has 0 aliphatic heterocycles. The van der Waals surface area contributed by atoms with Gasteiger partial charge in [-0.15, -0.1) is 0 Å². The second-order valence-electron chi connectivity index (χ2n) is 3.96. The molecule has 0 saturated carbocycles. The first-order chi connectivity index (χ1) is 9.22. The summed E-state index contributed by atoms with van der Waals surface area (Å²) in [6.45, 7) is 0. The maximum Gasteiger partial charge on any atom is 0.339 e. The van der Waals surface area contributed by atoms with Crippen LogP contribution in [0.1, 0.15) is 15.9 Å². The van der Waals surface area contributed by atoms with E-state index in [-0.39, 0.29) is 0 Å². The summed E-state index contributed by atoms with van der Waals surface area (Å²) in [5.41, 5.74) is 1.33. The van der Waals surface area contributed by atoms with Gasteiger partial charge in [-0.3, -0.25) is 4.21 Å². The van der Waals surface area contributed by atoms with Crippen molar-refractivity contribution in [1.29, 1.82) is 0 Å². The molecule has 3 nitrogen and oxygen atoms in total. The Bertz CT molecular complexity index is 593. The van der Waals surface area contributed by atoms with Gasteiger partial charge in [-0.1, -0.05) is 42.5 Å². The van der Waals surface area contributed by atoms with Crippen molar-refractivity contribution in [2.45, 2.75) is 10.6 Å². The third kappa shape index (κ3) is 3.29. The molecular formula is C15H14O3S. The molecule has 0 fully saturated rings. The van der Waals surface area contributed by atoms with Crippen LogP contribution in [0.3, 0.4) is 0 Å². The zero-order valence-electron chi connectivity index (χ0n) is 10.5. The Labute approximate surface area is 114 Å². The summed E-state index contributed by atoms with van der Waals surface area (Å²) in [4.78, 5) is 12.1. The molecule has 0 radical (unpaired) electrons. The minimum Gasteiger partial charge on any atom is -0.465 e. The predicted molar refractivity (Wildman–Crippen MR) is 74.3 cm³/mol. The topological polar surface area (TPSA) is 43.4 Å². The Morgan fingerprint density at radius 3 is 2.37 bits per heavy atom. The van der Waals surface area contributed by atoms with Gasteiger partial charge in [0.2, 0.25) is 0 Å². The van der Waals surface area contributed by atoms with Crippen molar-refractivity contribution in [3.05, 3.63) is 65.7 Å². The van der Waals surface area contributed by atoms with Crippen LogP contribution < -0.4 is 0 Å². The van der Waals surface area contributed by atoms with Crippen LogP contribution in [0.25, 0.3) is 0 Å². The molecule has 98 valence electrons. The Hall–Kier alpha value is -1.94. The minimum atomic E-state index is -1.27. The predicted octanol–water partition coefficient (Wildman–Crippen LogP) is 2.78. The van der Waals surface area contributed by atoms with Crippen molar-refractivity contribution in [3.63, 3.8) is 0 Å². The fourth-order valence-electron chi connectivity index (χ4n) is 1.75. The van der Waals surface area contributed by atoms with Crippen LogP contribution in [0.15, 0.2) is 59.5 Å². The molecule has 2 aromatic rings. The van der Waals surface area contributed by atoms with Crippen LogP contribution >= 0.6 is 0 Å². The van der Waals surface area contributed by atoms with E-state index in [1.165, 1.54) is 7.11 Å². The highest BCUT2D eigenvalue weighted by Gasteiger charge is 2.15. The summed E-state index contributed by atoms with van der Waals surface area (Å²) in [5, 5.41) is 0. The molecule has 0 unspecified atom stereocenters. The quantitative estimate of drug-likeness (QED) is 0.805. The second-order valence-corrected chi connectivity index (χ2v) is 5.38. The van der Waals surface area contributed by atoms with Gasteiger partial charge in [-0.25, -0.2) is 4.79 Å². The summed E-state index contributed by atoms with van der Waals surface area (Å²) in [5.74, 6) is -0.0773. The van der Waals surface area contributed by atoms with Gasteiger partial charge >= 0.3 is 5.97 Å². The fourth-order valence-corrected chi connectivity index (χ4v) is 3.02. The number of rotatable bonds is 4. The smallest absolute Gasteiger partial charge is 0.339 e. The Morgan fingerprint density at radius 1 is 1.05 bits per heavy atom. The normalized spacial score (nSPS) is 11.8. The number of hydrogen-bond donors (Lipinski definition) is 0. The summed E-state index contributed by atoms with van der Waals surface area (Å²) in [7, 11) is 0.0497. The number of ether oxygens (including phenoxy) is 1. The first-order valence-electron chi connectivity index (χ1n) is 5.82. The van der Waals surface area contributed by atoms with Gasteiger partial charge in [0.1, 0.15) is 0 Å². The van der Waals surface area contributed by atoms with E-state index in [4.69, 9.17) is 4.74 Å². The standard InChI is InChI=1S/C15H14O3S/c1-18-15(16)13-9-5-6-10-14(13)19(17)11-12-7-3-2-4-8-12/h2-10H,11H2,1H3/t19-/m1/s1. The number of carbonyl (C=O) groups is 1. The molecule has 19 heavy (non-hydrogen) atoms. The molecule has 1 atom stereocenters. The number of benzene rings is 2. The highest BCUT2D eigenvalue weighted by atomic mass is 32.2. The van der Waals surface area contributed by atoms with Crippen LogP contribution in [0.2, 0.25) is 0 Å². The van der Waals surface area contributed by atoms with Crippen LogP contribution in [-0.4, -0.2) is 17.3 Å². The van der Waals surface area contributed by atoms with Gasteiger partial charge in [-0.05, 0) is 17.7 Å². The first-order valence-corrected chi connectivity index (χ1v) is 7.14. The lowest BCUT2D eigenvalue weighted by Crippen LogP contribution is -2.08. The van der Waals surface area contributed by atoms with Gasteiger partial charge in [0, 0.05) is 0 Å². The number of methoxy groups -OCH3 is 1. The van der Waals surface area contributed by atoms with E-state index in [9.17, 15) is 9.00 Å². The van der Waals surface area contributed by atoms with Gasteiger partial charge in [0.25, 0.3) is 0 Å². The van der Waals surface area contributed by atoms with E-state index in [1.807, 2.05) is 30.3 Å². The maximum absolute atomic E-state index is 12.4.